The minimum Gasteiger partial charge on any atom is -0.318 e. The van der Waals surface area contributed by atoms with Gasteiger partial charge in [0.05, 0.1) is 11.4 Å². The highest BCUT2D eigenvalue weighted by molar-refractivity contribution is 8.00. The van der Waals surface area contributed by atoms with Crippen molar-refractivity contribution in [2.75, 3.05) is 11.1 Å². The Labute approximate surface area is 79.5 Å². The molecular formula is C9H7NO2S. The molecule has 13 heavy (non-hydrogen) atoms. The maximum atomic E-state index is 11.1. The lowest BCUT2D eigenvalue weighted by Gasteiger charge is -2.02. The van der Waals surface area contributed by atoms with Crippen molar-refractivity contribution < 1.29 is 9.59 Å². The van der Waals surface area contributed by atoms with Crippen LogP contribution in [0.4, 0.5) is 5.69 Å². The molecule has 0 radical (unpaired) electrons. The van der Waals surface area contributed by atoms with E-state index in [1.165, 1.54) is 11.8 Å². The first kappa shape index (κ1) is 8.31. The van der Waals surface area contributed by atoms with E-state index in [0.717, 1.165) is 10.6 Å². The van der Waals surface area contributed by atoms with E-state index in [1.54, 1.807) is 6.07 Å². The Kier molecular flexibility index (Phi) is 2.06. The highest BCUT2D eigenvalue weighted by Crippen LogP contribution is 2.28. The van der Waals surface area contributed by atoms with E-state index >= 15 is 0 Å². The first-order valence-electron chi connectivity index (χ1n) is 3.83. The first-order valence-corrected chi connectivity index (χ1v) is 4.82. The topological polar surface area (TPSA) is 46.2 Å². The van der Waals surface area contributed by atoms with E-state index in [4.69, 9.17) is 0 Å². The van der Waals surface area contributed by atoms with Gasteiger partial charge in [-0.25, -0.2) is 0 Å². The van der Waals surface area contributed by atoms with Gasteiger partial charge in [-0.3, -0.25) is 9.59 Å². The molecule has 0 bridgehead atoms. The van der Waals surface area contributed by atoms with Crippen LogP contribution in [0.2, 0.25) is 0 Å². The molecule has 0 aliphatic carbocycles. The van der Waals surface area contributed by atoms with Gasteiger partial charge in [-0.2, -0.15) is 0 Å². The number of benzene rings is 1. The molecule has 0 fully saturated rings. The lowest BCUT2D eigenvalue weighted by molar-refractivity contribution is -0.133. The number of carbonyl (C=O) groups is 2. The Morgan fingerprint density at radius 3 is 2.85 bits per heavy atom. The van der Waals surface area contributed by atoms with Gasteiger partial charge in [0.1, 0.15) is 0 Å². The third-order valence-corrected chi connectivity index (χ3v) is 2.82. The number of amides is 1. The van der Waals surface area contributed by atoms with Gasteiger partial charge in [0.2, 0.25) is 5.78 Å². The van der Waals surface area contributed by atoms with Crippen LogP contribution in [0.25, 0.3) is 0 Å². The van der Waals surface area contributed by atoms with Gasteiger partial charge in [-0.15, -0.1) is 11.8 Å². The van der Waals surface area contributed by atoms with Crippen LogP contribution >= 0.6 is 11.8 Å². The van der Waals surface area contributed by atoms with Crippen molar-refractivity contribution in [2.24, 2.45) is 0 Å². The SMILES string of the molecule is O=C1CSc2ccccc2NC1=O. The molecule has 0 saturated heterocycles. The molecule has 1 N–H and O–H groups in total. The van der Waals surface area contributed by atoms with Gasteiger partial charge in [0.15, 0.2) is 0 Å². The second-order valence-electron chi connectivity index (χ2n) is 2.66. The predicted molar refractivity (Wildman–Crippen MR) is 50.8 cm³/mol. The Bertz CT molecular complexity index is 376. The lowest BCUT2D eigenvalue weighted by atomic mass is 10.3. The zero-order valence-electron chi connectivity index (χ0n) is 6.74. The molecule has 3 nitrogen and oxygen atoms in total. The number of nitrogens with one attached hydrogen (secondary N) is 1. The molecule has 1 aliphatic heterocycles. The van der Waals surface area contributed by atoms with Crippen LogP contribution in [-0.4, -0.2) is 17.4 Å². The standard InChI is InChI=1S/C9H7NO2S/c11-7-5-13-8-4-2-1-3-6(8)10-9(7)12/h1-4H,5H2,(H,10,12). The number of hydrogen-bond acceptors (Lipinski definition) is 3. The summed E-state index contributed by atoms with van der Waals surface area (Å²) in [6.07, 6.45) is 0. The Morgan fingerprint density at radius 1 is 1.23 bits per heavy atom. The van der Waals surface area contributed by atoms with Crippen LogP contribution in [0.15, 0.2) is 29.2 Å². The van der Waals surface area contributed by atoms with Crippen molar-refractivity contribution in [3.63, 3.8) is 0 Å². The molecule has 1 aromatic rings. The highest BCUT2D eigenvalue weighted by atomic mass is 32.2. The second kappa shape index (κ2) is 3.22. The summed E-state index contributed by atoms with van der Waals surface area (Å²) in [4.78, 5) is 23.1. The minimum atomic E-state index is -0.516. The fraction of sp³-hybridized carbons (Fsp3) is 0.111. The summed E-state index contributed by atoms with van der Waals surface area (Å²) in [6, 6.07) is 7.39. The quantitative estimate of drug-likeness (QED) is 0.632. The predicted octanol–water partition coefficient (Wildman–Crippen LogP) is 1.30. The van der Waals surface area contributed by atoms with Crippen LogP contribution in [0.5, 0.6) is 0 Å². The molecule has 1 heterocycles. The normalized spacial score (nSPS) is 16.0. The number of para-hydroxylation sites is 1. The van der Waals surface area contributed by atoms with Gasteiger partial charge in [-0.1, -0.05) is 12.1 Å². The van der Waals surface area contributed by atoms with Gasteiger partial charge in [0, 0.05) is 4.90 Å². The number of anilines is 1. The van der Waals surface area contributed by atoms with Crippen molar-refractivity contribution in [1.82, 2.24) is 0 Å². The van der Waals surface area contributed by atoms with Crippen LogP contribution in [0.1, 0.15) is 0 Å². The zero-order valence-corrected chi connectivity index (χ0v) is 7.56. The number of rotatable bonds is 0. The van der Waals surface area contributed by atoms with Gasteiger partial charge >= 0.3 is 0 Å². The number of hydrogen-bond donors (Lipinski definition) is 1. The van der Waals surface area contributed by atoms with Crippen molar-refractivity contribution in [2.45, 2.75) is 4.90 Å². The molecule has 1 aliphatic rings. The van der Waals surface area contributed by atoms with E-state index in [-0.39, 0.29) is 11.5 Å². The number of thioether (sulfide) groups is 1. The van der Waals surface area contributed by atoms with Crippen LogP contribution < -0.4 is 5.32 Å². The second-order valence-corrected chi connectivity index (χ2v) is 3.68. The molecule has 2 rings (SSSR count). The third kappa shape index (κ3) is 1.58. The molecule has 0 spiro atoms. The van der Waals surface area contributed by atoms with E-state index in [0.29, 0.717) is 0 Å². The molecule has 0 atom stereocenters. The van der Waals surface area contributed by atoms with E-state index in [9.17, 15) is 9.59 Å². The first-order chi connectivity index (χ1) is 6.27. The Hall–Kier alpha value is -1.29. The molecule has 0 unspecified atom stereocenters. The fourth-order valence-electron chi connectivity index (χ4n) is 1.10. The third-order valence-electron chi connectivity index (χ3n) is 1.75. The molecule has 66 valence electrons. The molecule has 0 aromatic heterocycles. The molecule has 1 aromatic carbocycles. The fourth-order valence-corrected chi connectivity index (χ4v) is 1.96. The summed E-state index contributed by atoms with van der Waals surface area (Å²) >= 11 is 1.39. The summed E-state index contributed by atoms with van der Waals surface area (Å²) in [5.41, 5.74) is 0.725. The number of Topliss-reactive ketones (excluding diaryl/α,β-unsaturated/α-hetero) is 1. The summed E-state index contributed by atoms with van der Waals surface area (Å²) in [5, 5.41) is 2.56. The largest absolute Gasteiger partial charge is 0.318 e. The van der Waals surface area contributed by atoms with E-state index < -0.39 is 5.91 Å². The van der Waals surface area contributed by atoms with E-state index in [2.05, 4.69) is 5.32 Å². The van der Waals surface area contributed by atoms with Crippen LogP contribution in [0, 0.1) is 0 Å². The Balaban J connectivity index is 2.40. The van der Waals surface area contributed by atoms with Crippen LogP contribution in [0.3, 0.4) is 0 Å². The number of carbonyl (C=O) groups excluding carboxylic acids is 2. The molecule has 4 heteroatoms. The summed E-state index contributed by atoms with van der Waals surface area (Å²) in [6.45, 7) is 0. The number of fused-ring (bicyclic) bond motifs is 1. The van der Waals surface area contributed by atoms with Crippen molar-refractivity contribution >= 4 is 29.1 Å². The average molecular weight is 193 g/mol. The number of ketones is 1. The summed E-state index contributed by atoms with van der Waals surface area (Å²) in [7, 11) is 0. The highest BCUT2D eigenvalue weighted by Gasteiger charge is 2.19. The van der Waals surface area contributed by atoms with Crippen molar-refractivity contribution in [3.8, 4) is 0 Å². The molecule has 0 saturated carbocycles. The van der Waals surface area contributed by atoms with Gasteiger partial charge in [0.25, 0.3) is 5.91 Å². The van der Waals surface area contributed by atoms with Crippen LogP contribution in [-0.2, 0) is 9.59 Å². The van der Waals surface area contributed by atoms with Crippen molar-refractivity contribution in [1.29, 1.82) is 0 Å². The van der Waals surface area contributed by atoms with Gasteiger partial charge < -0.3 is 5.32 Å². The van der Waals surface area contributed by atoms with E-state index in [1.807, 2.05) is 18.2 Å². The molecular weight excluding hydrogens is 186 g/mol. The lowest BCUT2D eigenvalue weighted by Crippen LogP contribution is -2.22. The maximum Gasteiger partial charge on any atom is 0.292 e. The molecule has 1 amide bonds. The Morgan fingerprint density at radius 2 is 2.00 bits per heavy atom. The van der Waals surface area contributed by atoms with Crippen molar-refractivity contribution in [3.05, 3.63) is 24.3 Å². The monoisotopic (exact) mass is 193 g/mol. The minimum absolute atomic E-state index is 0.225. The van der Waals surface area contributed by atoms with Gasteiger partial charge in [-0.05, 0) is 12.1 Å². The summed E-state index contributed by atoms with van der Waals surface area (Å²) in [5.74, 6) is -0.665. The zero-order chi connectivity index (χ0) is 9.26. The maximum absolute atomic E-state index is 11.1. The summed E-state index contributed by atoms with van der Waals surface area (Å²) < 4.78 is 0. The average Bonchev–Trinajstić information content (AvgIpc) is 2.28. The smallest absolute Gasteiger partial charge is 0.292 e.